The maximum atomic E-state index is 5.89. The number of hydrogen-bond acceptors (Lipinski definition) is 2. The van der Waals surface area contributed by atoms with E-state index in [9.17, 15) is 0 Å². The van der Waals surface area contributed by atoms with Crippen LogP contribution in [0.1, 0.15) is 33.1 Å². The van der Waals surface area contributed by atoms with Crippen molar-refractivity contribution in [3.05, 3.63) is 0 Å². The molecule has 2 nitrogen and oxygen atoms in total. The summed E-state index contributed by atoms with van der Waals surface area (Å²) in [5, 5.41) is 0. The van der Waals surface area contributed by atoms with E-state index in [1.54, 1.807) is 7.11 Å². The molecule has 0 amide bonds. The molecule has 0 saturated carbocycles. The van der Waals surface area contributed by atoms with Gasteiger partial charge in [-0.25, -0.2) is 0 Å². The highest BCUT2D eigenvalue weighted by molar-refractivity contribution is 6.53. The van der Waals surface area contributed by atoms with Crippen LogP contribution in [0.2, 0.25) is 6.04 Å². The quantitative estimate of drug-likeness (QED) is 0.622. The molecule has 1 atom stereocenters. The fraction of sp³-hybridized carbons (Fsp3) is 1.00. The van der Waals surface area contributed by atoms with Crippen LogP contribution in [0.25, 0.3) is 0 Å². The second kappa shape index (κ2) is 6.82. The molecule has 0 aromatic rings. The van der Waals surface area contributed by atoms with Crippen LogP contribution in [0.4, 0.5) is 0 Å². The van der Waals surface area contributed by atoms with Crippen molar-refractivity contribution < 1.29 is 4.43 Å². The van der Waals surface area contributed by atoms with Gasteiger partial charge in [-0.05, 0) is 12.5 Å². The van der Waals surface area contributed by atoms with E-state index in [0.29, 0.717) is 5.67 Å². The van der Waals surface area contributed by atoms with Crippen molar-refractivity contribution in [1.82, 2.24) is 0 Å². The molecule has 0 heterocycles. The van der Waals surface area contributed by atoms with Crippen molar-refractivity contribution in [2.75, 3.05) is 7.11 Å². The number of hydrogen-bond donors (Lipinski definition) is 1. The molecule has 0 aromatic heterocycles. The molecule has 1 radical (unpaired) electrons. The van der Waals surface area contributed by atoms with Gasteiger partial charge in [0.2, 0.25) is 9.04 Å². The Hall–Kier alpha value is 0.137. The third-order valence-electron chi connectivity index (χ3n) is 1.89. The lowest BCUT2D eigenvalue weighted by Crippen LogP contribution is -2.39. The highest BCUT2D eigenvalue weighted by atomic mass is 28.3. The molecule has 11 heavy (non-hydrogen) atoms. The maximum absolute atomic E-state index is 5.89. The first kappa shape index (κ1) is 11.1. The maximum Gasteiger partial charge on any atom is 0.228 e. The second-order valence-electron chi connectivity index (χ2n) is 2.79. The van der Waals surface area contributed by atoms with E-state index in [2.05, 4.69) is 13.8 Å². The first-order valence-electron chi connectivity index (χ1n) is 4.41. The number of nitrogens with two attached hydrogens (primary N) is 1. The van der Waals surface area contributed by atoms with E-state index in [4.69, 9.17) is 10.2 Å². The summed E-state index contributed by atoms with van der Waals surface area (Å²) in [4.78, 5) is 0. The molecule has 0 spiro atoms. The second-order valence-corrected chi connectivity index (χ2v) is 5.37. The van der Waals surface area contributed by atoms with E-state index in [0.717, 1.165) is 6.42 Å². The Kier molecular flexibility index (Phi) is 6.91. The van der Waals surface area contributed by atoms with Gasteiger partial charge in [0, 0.05) is 12.8 Å². The lowest BCUT2D eigenvalue weighted by Gasteiger charge is -2.17. The molecule has 0 aliphatic rings. The van der Waals surface area contributed by atoms with Crippen LogP contribution < -0.4 is 5.73 Å². The molecular formula is C8H20NOSi. The molecule has 0 aliphatic carbocycles. The Balaban J connectivity index is 3.56. The number of rotatable bonds is 6. The normalized spacial score (nSPS) is 13.9. The fourth-order valence-electron chi connectivity index (χ4n) is 1.02. The largest absolute Gasteiger partial charge is 0.418 e. The molecule has 0 aromatic carbocycles. The van der Waals surface area contributed by atoms with Gasteiger partial charge >= 0.3 is 0 Å². The third-order valence-corrected chi connectivity index (χ3v) is 4.50. The minimum atomic E-state index is -0.697. The average molecular weight is 174 g/mol. The number of unbranched alkanes of at least 4 members (excludes halogenated alkanes) is 1. The van der Waals surface area contributed by atoms with Gasteiger partial charge in [-0.1, -0.05) is 26.7 Å². The Morgan fingerprint density at radius 3 is 2.45 bits per heavy atom. The van der Waals surface area contributed by atoms with Crippen LogP contribution in [0.3, 0.4) is 0 Å². The SMILES string of the molecule is CCCC[Si](OC)C(N)CC. The summed E-state index contributed by atoms with van der Waals surface area (Å²) < 4.78 is 5.38. The summed E-state index contributed by atoms with van der Waals surface area (Å²) in [6.45, 7) is 4.33. The third kappa shape index (κ3) is 4.56. The van der Waals surface area contributed by atoms with Crippen LogP contribution >= 0.6 is 0 Å². The first-order chi connectivity index (χ1) is 5.26. The Bertz CT molecular complexity index is 90.2. The minimum Gasteiger partial charge on any atom is -0.418 e. The lowest BCUT2D eigenvalue weighted by atomic mass is 10.4. The predicted molar refractivity (Wildman–Crippen MR) is 50.7 cm³/mol. The fourth-order valence-corrected chi connectivity index (χ4v) is 3.05. The van der Waals surface area contributed by atoms with E-state index in [1.807, 2.05) is 0 Å². The predicted octanol–water partition coefficient (Wildman–Crippen LogP) is 1.70. The van der Waals surface area contributed by atoms with Gasteiger partial charge in [0.05, 0.1) is 0 Å². The molecule has 0 bridgehead atoms. The van der Waals surface area contributed by atoms with Crippen LogP contribution in [-0.2, 0) is 4.43 Å². The molecule has 0 saturated heterocycles. The standard InChI is InChI=1S/C8H20NOSi/c1-4-6-7-11(10-3)8(9)5-2/h8H,4-7,9H2,1-3H3. The molecular weight excluding hydrogens is 154 g/mol. The summed E-state index contributed by atoms with van der Waals surface area (Å²) in [5.41, 5.74) is 6.21. The summed E-state index contributed by atoms with van der Waals surface area (Å²) in [6, 6.07) is 1.20. The van der Waals surface area contributed by atoms with Crippen LogP contribution in [0.15, 0.2) is 0 Å². The van der Waals surface area contributed by atoms with E-state index in [-0.39, 0.29) is 0 Å². The summed E-state index contributed by atoms with van der Waals surface area (Å²) >= 11 is 0. The monoisotopic (exact) mass is 174 g/mol. The van der Waals surface area contributed by atoms with Crippen molar-refractivity contribution in [2.24, 2.45) is 5.73 Å². The van der Waals surface area contributed by atoms with E-state index in [1.165, 1.54) is 18.9 Å². The molecule has 1 unspecified atom stereocenters. The molecule has 0 aliphatic heterocycles. The van der Waals surface area contributed by atoms with Gasteiger partial charge in [0.25, 0.3) is 0 Å². The zero-order valence-corrected chi connectivity index (χ0v) is 8.89. The Morgan fingerprint density at radius 2 is 2.09 bits per heavy atom. The van der Waals surface area contributed by atoms with Crippen LogP contribution in [-0.4, -0.2) is 21.8 Å². The van der Waals surface area contributed by atoms with Crippen LogP contribution in [0, 0.1) is 0 Å². The van der Waals surface area contributed by atoms with E-state index < -0.39 is 9.04 Å². The first-order valence-corrected chi connectivity index (χ1v) is 6.10. The smallest absolute Gasteiger partial charge is 0.228 e. The molecule has 67 valence electrons. The van der Waals surface area contributed by atoms with Gasteiger partial charge < -0.3 is 10.2 Å². The van der Waals surface area contributed by atoms with Gasteiger partial charge in [0.1, 0.15) is 0 Å². The molecule has 2 N–H and O–H groups in total. The Morgan fingerprint density at radius 1 is 1.45 bits per heavy atom. The van der Waals surface area contributed by atoms with Gasteiger partial charge in [-0.3, -0.25) is 0 Å². The van der Waals surface area contributed by atoms with Crippen molar-refractivity contribution in [2.45, 2.75) is 44.8 Å². The van der Waals surface area contributed by atoms with Gasteiger partial charge in [-0.15, -0.1) is 0 Å². The highest BCUT2D eigenvalue weighted by Gasteiger charge is 2.18. The zero-order valence-electron chi connectivity index (χ0n) is 7.89. The topological polar surface area (TPSA) is 35.2 Å². The van der Waals surface area contributed by atoms with Crippen LogP contribution in [0.5, 0.6) is 0 Å². The van der Waals surface area contributed by atoms with E-state index >= 15 is 0 Å². The average Bonchev–Trinajstić information content (AvgIpc) is 2.05. The molecule has 0 fully saturated rings. The minimum absolute atomic E-state index is 0.316. The zero-order chi connectivity index (χ0) is 8.69. The van der Waals surface area contributed by atoms with Crippen molar-refractivity contribution in [1.29, 1.82) is 0 Å². The van der Waals surface area contributed by atoms with Gasteiger partial charge in [-0.2, -0.15) is 0 Å². The summed E-state index contributed by atoms with van der Waals surface area (Å²) in [6.07, 6.45) is 3.55. The van der Waals surface area contributed by atoms with Crippen molar-refractivity contribution in [3.8, 4) is 0 Å². The molecule has 0 rings (SSSR count). The Labute approximate surface area is 71.8 Å². The summed E-state index contributed by atoms with van der Waals surface area (Å²) in [5.74, 6) is 0. The highest BCUT2D eigenvalue weighted by Crippen LogP contribution is 2.06. The molecule has 3 heteroatoms. The van der Waals surface area contributed by atoms with Crippen molar-refractivity contribution in [3.63, 3.8) is 0 Å². The van der Waals surface area contributed by atoms with Crippen molar-refractivity contribution >= 4 is 9.04 Å². The van der Waals surface area contributed by atoms with Gasteiger partial charge in [0.15, 0.2) is 0 Å². The lowest BCUT2D eigenvalue weighted by molar-refractivity contribution is 0.403. The summed E-state index contributed by atoms with van der Waals surface area (Å²) in [7, 11) is 1.09.